The standard InChI is InChI=1S/C13H26N2O2/c1-15(9-6-10-17-2)12(16)11-13(14)7-4-3-5-8-13/h3-11,14H2,1-2H3. The summed E-state index contributed by atoms with van der Waals surface area (Å²) < 4.78 is 4.98. The number of ether oxygens (including phenoxy) is 1. The molecule has 0 atom stereocenters. The number of carbonyl (C=O) groups excluding carboxylic acids is 1. The van der Waals surface area contributed by atoms with Gasteiger partial charge in [0.1, 0.15) is 0 Å². The monoisotopic (exact) mass is 242 g/mol. The fourth-order valence-electron chi connectivity index (χ4n) is 2.44. The Morgan fingerprint density at radius 1 is 1.35 bits per heavy atom. The molecule has 0 aromatic carbocycles. The van der Waals surface area contributed by atoms with Crippen LogP contribution in [0.5, 0.6) is 0 Å². The quantitative estimate of drug-likeness (QED) is 0.719. The smallest absolute Gasteiger partial charge is 0.224 e. The highest BCUT2D eigenvalue weighted by Gasteiger charge is 2.30. The van der Waals surface area contributed by atoms with E-state index in [1.165, 1.54) is 6.42 Å². The Hall–Kier alpha value is -0.610. The second-order valence-electron chi connectivity index (χ2n) is 5.26. The molecule has 1 amide bonds. The maximum atomic E-state index is 12.0. The minimum absolute atomic E-state index is 0.172. The highest BCUT2D eigenvalue weighted by molar-refractivity contribution is 5.77. The van der Waals surface area contributed by atoms with E-state index in [0.29, 0.717) is 13.0 Å². The number of nitrogens with two attached hydrogens (primary N) is 1. The third kappa shape index (κ3) is 5.04. The fraction of sp³-hybridized carbons (Fsp3) is 0.923. The molecule has 0 aromatic rings. The third-order valence-electron chi connectivity index (χ3n) is 3.62. The minimum atomic E-state index is -0.245. The van der Waals surface area contributed by atoms with Gasteiger partial charge in [-0.1, -0.05) is 19.3 Å². The first kappa shape index (κ1) is 14.5. The van der Waals surface area contributed by atoms with Gasteiger partial charge in [-0.05, 0) is 19.3 Å². The molecular weight excluding hydrogens is 216 g/mol. The third-order valence-corrected chi connectivity index (χ3v) is 3.62. The lowest BCUT2D eigenvalue weighted by atomic mass is 9.80. The van der Waals surface area contributed by atoms with Gasteiger partial charge < -0.3 is 15.4 Å². The molecule has 2 N–H and O–H groups in total. The number of nitrogens with zero attached hydrogens (tertiary/aromatic N) is 1. The molecule has 0 aliphatic heterocycles. The lowest BCUT2D eigenvalue weighted by molar-refractivity contribution is -0.131. The SMILES string of the molecule is COCCCN(C)C(=O)CC1(N)CCCCC1. The van der Waals surface area contributed by atoms with Gasteiger partial charge in [0.15, 0.2) is 0 Å². The van der Waals surface area contributed by atoms with Gasteiger partial charge in [0.2, 0.25) is 5.91 Å². The van der Waals surface area contributed by atoms with E-state index in [9.17, 15) is 4.79 Å². The van der Waals surface area contributed by atoms with Crippen molar-refractivity contribution < 1.29 is 9.53 Å². The van der Waals surface area contributed by atoms with Crippen LogP contribution in [0.25, 0.3) is 0 Å². The zero-order valence-corrected chi connectivity index (χ0v) is 11.2. The summed E-state index contributed by atoms with van der Waals surface area (Å²) in [6.45, 7) is 1.45. The van der Waals surface area contributed by atoms with Crippen molar-refractivity contribution in [1.82, 2.24) is 4.90 Å². The first-order valence-corrected chi connectivity index (χ1v) is 6.59. The summed E-state index contributed by atoms with van der Waals surface area (Å²) in [5.74, 6) is 0.172. The summed E-state index contributed by atoms with van der Waals surface area (Å²) in [4.78, 5) is 13.8. The van der Waals surface area contributed by atoms with Gasteiger partial charge in [0, 0.05) is 39.3 Å². The maximum absolute atomic E-state index is 12.0. The number of methoxy groups -OCH3 is 1. The second kappa shape index (κ2) is 6.97. The molecule has 0 heterocycles. The van der Waals surface area contributed by atoms with E-state index in [1.807, 2.05) is 7.05 Å². The van der Waals surface area contributed by atoms with Crippen molar-refractivity contribution >= 4 is 5.91 Å². The van der Waals surface area contributed by atoms with E-state index >= 15 is 0 Å². The summed E-state index contributed by atoms with van der Waals surface area (Å²) >= 11 is 0. The molecule has 0 spiro atoms. The molecule has 4 heteroatoms. The van der Waals surface area contributed by atoms with Crippen molar-refractivity contribution in [2.24, 2.45) is 5.73 Å². The highest BCUT2D eigenvalue weighted by Crippen LogP contribution is 2.29. The number of rotatable bonds is 6. The average Bonchev–Trinajstić information content (AvgIpc) is 2.29. The summed E-state index contributed by atoms with van der Waals surface area (Å²) in [6.07, 6.45) is 6.95. The van der Waals surface area contributed by atoms with E-state index in [0.717, 1.165) is 38.6 Å². The van der Waals surface area contributed by atoms with Gasteiger partial charge in [-0.3, -0.25) is 4.79 Å². The van der Waals surface area contributed by atoms with E-state index in [1.54, 1.807) is 12.0 Å². The molecule has 0 aromatic heterocycles. The van der Waals surface area contributed by atoms with Gasteiger partial charge in [0.25, 0.3) is 0 Å². The van der Waals surface area contributed by atoms with E-state index in [2.05, 4.69) is 0 Å². The van der Waals surface area contributed by atoms with Crippen LogP contribution in [0.4, 0.5) is 0 Å². The summed E-state index contributed by atoms with van der Waals surface area (Å²) in [6, 6.07) is 0. The number of hydrogen-bond donors (Lipinski definition) is 1. The molecule has 1 fully saturated rings. The van der Waals surface area contributed by atoms with Crippen LogP contribution in [0.3, 0.4) is 0 Å². The van der Waals surface area contributed by atoms with Crippen LogP contribution < -0.4 is 5.73 Å². The molecule has 0 unspecified atom stereocenters. The second-order valence-corrected chi connectivity index (χ2v) is 5.26. The topological polar surface area (TPSA) is 55.6 Å². The summed E-state index contributed by atoms with van der Waals surface area (Å²) in [5, 5.41) is 0. The molecular formula is C13H26N2O2. The van der Waals surface area contributed by atoms with Gasteiger partial charge >= 0.3 is 0 Å². The van der Waals surface area contributed by atoms with Crippen LogP contribution in [0.1, 0.15) is 44.9 Å². The van der Waals surface area contributed by atoms with Crippen molar-refractivity contribution in [3.05, 3.63) is 0 Å². The molecule has 1 rings (SSSR count). The molecule has 1 aliphatic rings. The Morgan fingerprint density at radius 2 is 2.00 bits per heavy atom. The predicted molar refractivity (Wildman–Crippen MR) is 68.8 cm³/mol. The fourth-order valence-corrected chi connectivity index (χ4v) is 2.44. The van der Waals surface area contributed by atoms with Gasteiger partial charge in [-0.25, -0.2) is 0 Å². The number of amides is 1. The zero-order valence-electron chi connectivity index (χ0n) is 11.2. The number of carbonyl (C=O) groups is 1. The largest absolute Gasteiger partial charge is 0.385 e. The Balaban J connectivity index is 2.31. The van der Waals surface area contributed by atoms with Gasteiger partial charge in [-0.2, -0.15) is 0 Å². The molecule has 1 saturated carbocycles. The normalized spacial score (nSPS) is 19.0. The average molecular weight is 242 g/mol. The van der Waals surface area contributed by atoms with Crippen LogP contribution in [-0.4, -0.2) is 43.7 Å². The van der Waals surface area contributed by atoms with Crippen LogP contribution in [0.15, 0.2) is 0 Å². The van der Waals surface area contributed by atoms with Crippen LogP contribution >= 0.6 is 0 Å². The van der Waals surface area contributed by atoms with Gasteiger partial charge in [-0.15, -0.1) is 0 Å². The van der Waals surface area contributed by atoms with Crippen molar-refractivity contribution in [3.8, 4) is 0 Å². The first-order chi connectivity index (χ1) is 8.07. The Bertz CT molecular complexity index is 238. The van der Waals surface area contributed by atoms with Crippen LogP contribution in [-0.2, 0) is 9.53 Å². The zero-order chi connectivity index (χ0) is 12.7. The van der Waals surface area contributed by atoms with Gasteiger partial charge in [0.05, 0.1) is 0 Å². The van der Waals surface area contributed by atoms with Crippen molar-refractivity contribution in [3.63, 3.8) is 0 Å². The maximum Gasteiger partial charge on any atom is 0.224 e. The van der Waals surface area contributed by atoms with Crippen molar-refractivity contribution in [2.75, 3.05) is 27.3 Å². The van der Waals surface area contributed by atoms with Crippen molar-refractivity contribution in [1.29, 1.82) is 0 Å². The van der Waals surface area contributed by atoms with Crippen LogP contribution in [0, 0.1) is 0 Å². The van der Waals surface area contributed by atoms with E-state index < -0.39 is 0 Å². The minimum Gasteiger partial charge on any atom is -0.385 e. The molecule has 4 nitrogen and oxygen atoms in total. The predicted octanol–water partition coefficient (Wildman–Crippen LogP) is 1.53. The molecule has 0 saturated heterocycles. The molecule has 100 valence electrons. The molecule has 17 heavy (non-hydrogen) atoms. The van der Waals surface area contributed by atoms with E-state index in [-0.39, 0.29) is 11.4 Å². The number of hydrogen-bond acceptors (Lipinski definition) is 3. The lowest BCUT2D eigenvalue weighted by Crippen LogP contribution is -2.46. The Labute approximate surface area is 104 Å². The lowest BCUT2D eigenvalue weighted by Gasteiger charge is -2.34. The molecule has 1 aliphatic carbocycles. The summed E-state index contributed by atoms with van der Waals surface area (Å²) in [5.41, 5.74) is 6.04. The van der Waals surface area contributed by atoms with Crippen molar-refractivity contribution in [2.45, 2.75) is 50.5 Å². The van der Waals surface area contributed by atoms with Crippen LogP contribution in [0.2, 0.25) is 0 Å². The first-order valence-electron chi connectivity index (χ1n) is 6.59. The van der Waals surface area contributed by atoms with E-state index in [4.69, 9.17) is 10.5 Å². The highest BCUT2D eigenvalue weighted by atomic mass is 16.5. The molecule has 0 bridgehead atoms. The Morgan fingerprint density at radius 3 is 2.59 bits per heavy atom. The summed E-state index contributed by atoms with van der Waals surface area (Å²) in [7, 11) is 3.53. The Kier molecular flexibility index (Phi) is 5.92. The molecule has 0 radical (unpaired) electrons.